The molecule has 4 nitrogen and oxygen atoms in total. The summed E-state index contributed by atoms with van der Waals surface area (Å²) in [5.41, 5.74) is 2.54. The smallest absolute Gasteiger partial charge is 0.254 e. The molecule has 0 aliphatic carbocycles. The molecule has 4 rings (SSSR count). The van der Waals surface area contributed by atoms with Crippen molar-refractivity contribution < 1.29 is 8.78 Å². The van der Waals surface area contributed by atoms with Crippen LogP contribution in [0.1, 0.15) is 16.8 Å². The summed E-state index contributed by atoms with van der Waals surface area (Å²) in [5.74, 6) is -0.611. The van der Waals surface area contributed by atoms with Crippen LogP contribution in [0.3, 0.4) is 0 Å². The molecule has 0 fully saturated rings. The number of hydrogen-bond donors (Lipinski definition) is 1. The van der Waals surface area contributed by atoms with E-state index >= 15 is 0 Å². The zero-order valence-corrected chi connectivity index (χ0v) is 14.0. The van der Waals surface area contributed by atoms with E-state index < -0.39 is 11.6 Å². The molecule has 0 radical (unpaired) electrons. The molecule has 26 heavy (non-hydrogen) atoms. The minimum absolute atomic E-state index is 0.124. The van der Waals surface area contributed by atoms with Crippen LogP contribution in [-0.4, -0.2) is 21.4 Å². The predicted octanol–water partition coefficient (Wildman–Crippen LogP) is 3.27. The number of rotatable bonds is 3. The highest BCUT2D eigenvalue weighted by Crippen LogP contribution is 2.21. The van der Waals surface area contributed by atoms with Crippen LogP contribution < -0.4 is 5.56 Å². The van der Waals surface area contributed by atoms with Crippen molar-refractivity contribution in [2.75, 3.05) is 6.54 Å². The molecule has 2 heterocycles. The monoisotopic (exact) mass is 353 g/mol. The van der Waals surface area contributed by atoms with Crippen LogP contribution in [0.5, 0.6) is 0 Å². The molecule has 2 aromatic carbocycles. The second-order valence-electron chi connectivity index (χ2n) is 6.40. The number of nitrogens with zero attached hydrogens (tertiary/aromatic N) is 2. The Morgan fingerprint density at radius 2 is 1.92 bits per heavy atom. The lowest BCUT2D eigenvalue weighted by molar-refractivity contribution is 0.237. The van der Waals surface area contributed by atoms with Crippen LogP contribution in [0.15, 0.2) is 53.3 Å². The van der Waals surface area contributed by atoms with Gasteiger partial charge in [-0.1, -0.05) is 36.4 Å². The van der Waals surface area contributed by atoms with Gasteiger partial charge in [-0.3, -0.25) is 9.69 Å². The van der Waals surface area contributed by atoms with Gasteiger partial charge in [-0.15, -0.1) is 0 Å². The van der Waals surface area contributed by atoms with Crippen LogP contribution >= 0.6 is 0 Å². The third-order valence-electron chi connectivity index (χ3n) is 4.61. The van der Waals surface area contributed by atoms with Crippen molar-refractivity contribution in [3.05, 3.63) is 87.3 Å². The molecule has 1 aliphatic heterocycles. The van der Waals surface area contributed by atoms with Gasteiger partial charge in [0.1, 0.15) is 17.5 Å². The first-order valence-electron chi connectivity index (χ1n) is 8.44. The van der Waals surface area contributed by atoms with Gasteiger partial charge in [0.2, 0.25) is 0 Å². The number of hydrogen-bond acceptors (Lipinski definition) is 3. The van der Waals surface area contributed by atoms with Crippen LogP contribution in [0.2, 0.25) is 0 Å². The van der Waals surface area contributed by atoms with Crippen LogP contribution in [-0.2, 0) is 19.5 Å². The van der Waals surface area contributed by atoms with Crippen molar-refractivity contribution in [2.24, 2.45) is 0 Å². The standard InChI is InChI=1S/C20H17F2N3O/c21-15-7-6-14(17(22)10-15)11-25-9-8-16-18(12-25)23-19(24-20(16)26)13-4-2-1-3-5-13/h1-7,10H,8-9,11-12H2,(H,23,24,26). The van der Waals surface area contributed by atoms with Gasteiger partial charge in [-0.2, -0.15) is 0 Å². The molecule has 6 heteroatoms. The van der Waals surface area contributed by atoms with Crippen molar-refractivity contribution in [1.29, 1.82) is 0 Å². The molecule has 132 valence electrons. The fourth-order valence-corrected chi connectivity index (χ4v) is 3.25. The first kappa shape index (κ1) is 16.6. The van der Waals surface area contributed by atoms with E-state index in [1.54, 1.807) is 0 Å². The fourth-order valence-electron chi connectivity index (χ4n) is 3.25. The number of halogens is 2. The average Bonchev–Trinajstić information content (AvgIpc) is 2.64. The van der Waals surface area contributed by atoms with Gasteiger partial charge in [-0.05, 0) is 12.5 Å². The van der Waals surface area contributed by atoms with Crippen LogP contribution in [0.4, 0.5) is 8.78 Å². The summed E-state index contributed by atoms with van der Waals surface area (Å²) in [4.78, 5) is 21.9. The first-order valence-corrected chi connectivity index (χ1v) is 8.44. The maximum atomic E-state index is 13.9. The highest BCUT2D eigenvalue weighted by molar-refractivity contribution is 5.54. The molecule has 0 amide bonds. The molecule has 1 aliphatic rings. The number of aromatic nitrogens is 2. The van der Waals surface area contributed by atoms with Crippen LogP contribution in [0.25, 0.3) is 11.4 Å². The van der Waals surface area contributed by atoms with Gasteiger partial charge in [0.15, 0.2) is 0 Å². The molecule has 0 atom stereocenters. The lowest BCUT2D eigenvalue weighted by Gasteiger charge is -2.27. The van der Waals surface area contributed by atoms with Crippen LogP contribution in [0, 0.1) is 11.6 Å². The van der Waals surface area contributed by atoms with Gasteiger partial charge in [0.25, 0.3) is 5.56 Å². The molecule has 0 saturated heterocycles. The number of H-pyrrole nitrogens is 1. The molecule has 0 bridgehead atoms. The van der Waals surface area contributed by atoms with E-state index in [0.717, 1.165) is 11.6 Å². The van der Waals surface area contributed by atoms with E-state index in [-0.39, 0.29) is 5.56 Å². The van der Waals surface area contributed by atoms with E-state index in [2.05, 4.69) is 9.97 Å². The van der Waals surface area contributed by atoms with E-state index in [9.17, 15) is 13.6 Å². The van der Waals surface area contributed by atoms with Crippen molar-refractivity contribution in [3.63, 3.8) is 0 Å². The quantitative estimate of drug-likeness (QED) is 0.786. The van der Waals surface area contributed by atoms with Crippen molar-refractivity contribution in [1.82, 2.24) is 14.9 Å². The molecular formula is C20H17F2N3O. The van der Waals surface area contributed by atoms with E-state index in [1.165, 1.54) is 12.1 Å². The molecule has 0 spiro atoms. The molecule has 0 saturated carbocycles. The Balaban J connectivity index is 1.61. The summed E-state index contributed by atoms with van der Waals surface area (Å²) in [6.07, 6.45) is 0.551. The minimum Gasteiger partial charge on any atom is -0.306 e. The van der Waals surface area contributed by atoms with E-state index in [0.29, 0.717) is 48.7 Å². The maximum absolute atomic E-state index is 13.9. The summed E-state index contributed by atoms with van der Waals surface area (Å²) in [6, 6.07) is 13.1. The largest absolute Gasteiger partial charge is 0.306 e. The van der Waals surface area contributed by atoms with E-state index in [4.69, 9.17) is 0 Å². The molecular weight excluding hydrogens is 336 g/mol. The van der Waals surface area contributed by atoms with Crippen molar-refractivity contribution >= 4 is 0 Å². The molecule has 3 aromatic rings. The van der Waals surface area contributed by atoms with E-state index in [1.807, 2.05) is 35.2 Å². The summed E-state index contributed by atoms with van der Waals surface area (Å²) in [5, 5.41) is 0. The number of benzene rings is 2. The summed E-state index contributed by atoms with van der Waals surface area (Å²) >= 11 is 0. The summed E-state index contributed by atoms with van der Waals surface area (Å²) < 4.78 is 27.0. The topological polar surface area (TPSA) is 49.0 Å². The number of fused-ring (bicyclic) bond motifs is 1. The molecule has 1 aromatic heterocycles. The molecule has 1 N–H and O–H groups in total. The zero-order valence-electron chi connectivity index (χ0n) is 14.0. The second-order valence-corrected chi connectivity index (χ2v) is 6.40. The fraction of sp³-hybridized carbons (Fsp3) is 0.200. The Morgan fingerprint density at radius 3 is 2.69 bits per heavy atom. The Labute approximate surface area is 149 Å². The number of nitrogens with one attached hydrogen (secondary N) is 1. The normalized spacial score (nSPS) is 14.2. The van der Waals surface area contributed by atoms with Crippen molar-refractivity contribution in [2.45, 2.75) is 19.5 Å². The Kier molecular flexibility index (Phi) is 4.34. The van der Waals surface area contributed by atoms with Crippen molar-refractivity contribution in [3.8, 4) is 11.4 Å². The SMILES string of the molecule is O=c1[nH]c(-c2ccccc2)nc2c1CCN(Cc1ccc(F)cc1F)C2. The van der Waals surface area contributed by atoms with Gasteiger partial charge in [-0.25, -0.2) is 13.8 Å². The highest BCUT2D eigenvalue weighted by Gasteiger charge is 2.22. The third kappa shape index (κ3) is 3.28. The summed E-state index contributed by atoms with van der Waals surface area (Å²) in [6.45, 7) is 1.43. The first-order chi connectivity index (χ1) is 12.6. The van der Waals surface area contributed by atoms with Gasteiger partial charge in [0.05, 0.1) is 5.69 Å². The lowest BCUT2D eigenvalue weighted by atomic mass is 10.0. The zero-order chi connectivity index (χ0) is 18.1. The number of aromatic amines is 1. The van der Waals surface area contributed by atoms with Gasteiger partial charge < -0.3 is 4.98 Å². The molecule has 0 unspecified atom stereocenters. The minimum atomic E-state index is -0.587. The Bertz CT molecular complexity index is 1000. The predicted molar refractivity (Wildman–Crippen MR) is 94.5 cm³/mol. The Hall–Kier alpha value is -2.86. The lowest BCUT2D eigenvalue weighted by Crippen LogP contribution is -2.35. The third-order valence-corrected chi connectivity index (χ3v) is 4.61. The second kappa shape index (κ2) is 6.80. The van der Waals surface area contributed by atoms with Gasteiger partial charge >= 0.3 is 0 Å². The highest BCUT2D eigenvalue weighted by atomic mass is 19.1. The average molecular weight is 353 g/mol. The Morgan fingerprint density at radius 1 is 1.12 bits per heavy atom. The van der Waals surface area contributed by atoms with Gasteiger partial charge in [0, 0.05) is 42.4 Å². The summed E-state index contributed by atoms with van der Waals surface area (Å²) in [7, 11) is 0. The maximum Gasteiger partial charge on any atom is 0.254 e.